The summed E-state index contributed by atoms with van der Waals surface area (Å²) >= 11 is 8.66. The van der Waals surface area contributed by atoms with Gasteiger partial charge in [0.2, 0.25) is 53.2 Å². The second-order valence-corrected chi connectivity index (χ2v) is 20.4. The summed E-state index contributed by atoms with van der Waals surface area (Å²) < 4.78 is 1.10. The molecular formula is C47H63ClN12O13S2. The zero-order valence-electron chi connectivity index (χ0n) is 41.8. The topological polar surface area (TPSA) is 381 Å². The van der Waals surface area contributed by atoms with E-state index in [1.165, 1.54) is 41.4 Å². The number of rotatable bonds is 14. The molecule has 1 aromatic carbocycles. The van der Waals surface area contributed by atoms with Crippen LogP contribution in [0.4, 0.5) is 0 Å². The van der Waals surface area contributed by atoms with Crippen LogP contribution in [0.5, 0.6) is 0 Å². The van der Waals surface area contributed by atoms with Crippen molar-refractivity contribution in [3.05, 3.63) is 69.1 Å². The van der Waals surface area contributed by atoms with Gasteiger partial charge in [0.15, 0.2) is 0 Å². The standard InChI is InChI=1S/C47H63ClN12O13S2/c1-6-24(4)39-46(71)54-33(19-37(63)64)44(69)51-29(12-13-74-5)41(66)55-34(47(72)73)18-35(61)50-31(15-25-7-9-27(48)10-8-25)42(67)53-32(16-26-11-14-75-22-26)43(68)52-30(40(49)65)17-28-20-60(59-58-28)21-36(62)56-38(23(2)3)45(70)57-39/h7-11,14,20,22-24,29-34,38-39H,6,12-13,15-19,21H2,1-5H3,(H2,49,65)(H,50,61)(H,51,69)(H,52,68)(H,53,67)(H,54,71)(H,55,66)(H,56,62)(H,57,70)(H,63,64)(H,72,73)/t24-,29-,30?,31-,32+,33-,34-,38-,39-/m0/s1. The summed E-state index contributed by atoms with van der Waals surface area (Å²) in [5.41, 5.74) is 6.92. The van der Waals surface area contributed by atoms with Crippen LogP contribution in [0.3, 0.4) is 0 Å². The lowest BCUT2D eigenvalue weighted by molar-refractivity contribution is -0.144. The van der Waals surface area contributed by atoms with Gasteiger partial charge in [-0.25, -0.2) is 9.48 Å². The normalized spacial score (nSPS) is 23.9. The molecule has 0 saturated carbocycles. The molecule has 3 heterocycles. The predicted octanol–water partition coefficient (Wildman–Crippen LogP) is -1.20. The molecule has 0 spiro atoms. The lowest BCUT2D eigenvalue weighted by Gasteiger charge is -2.29. The number of primary amides is 1. The number of carbonyl (C=O) groups is 11. The molecule has 0 saturated heterocycles. The molecule has 408 valence electrons. The third kappa shape index (κ3) is 19.3. The molecule has 0 fully saturated rings. The molecule has 12 N–H and O–H groups in total. The number of halogens is 1. The predicted molar refractivity (Wildman–Crippen MR) is 273 cm³/mol. The van der Waals surface area contributed by atoms with Crippen LogP contribution >= 0.6 is 34.7 Å². The number of aliphatic carboxylic acids is 2. The maximum absolute atomic E-state index is 14.3. The van der Waals surface area contributed by atoms with E-state index < -0.39 is 145 Å². The molecule has 4 rings (SSSR count). The summed E-state index contributed by atoms with van der Waals surface area (Å²) in [6.45, 7) is 6.09. The average Bonchev–Trinajstić information content (AvgIpc) is 4.04. The number of carboxylic acids is 2. The van der Waals surface area contributed by atoms with Gasteiger partial charge in [-0.1, -0.05) is 63.1 Å². The van der Waals surface area contributed by atoms with Gasteiger partial charge in [0, 0.05) is 30.5 Å². The second kappa shape index (κ2) is 29.1. The molecule has 0 aliphatic carbocycles. The highest BCUT2D eigenvalue weighted by atomic mass is 35.5. The van der Waals surface area contributed by atoms with Crippen molar-refractivity contribution in [1.29, 1.82) is 0 Å². The highest BCUT2D eigenvalue weighted by molar-refractivity contribution is 7.98. The minimum Gasteiger partial charge on any atom is -0.481 e. The van der Waals surface area contributed by atoms with Crippen LogP contribution < -0.4 is 48.3 Å². The Morgan fingerprint density at radius 1 is 0.733 bits per heavy atom. The number of thioether (sulfide) groups is 1. The SMILES string of the molecule is CC[C@H](C)[C@@H]1NC(=O)[C@H](C(C)C)NC(=O)Cn2cc(nn2)CC(C(N)=O)NC(=O)[C@@H](Cc2ccsc2)NC(=O)[C@H](Cc2ccc(Cl)cc2)NC(=O)C[C@@H](C(=O)O)NC(=O)[C@H](CCSC)NC(=O)[C@H](CC(=O)O)NC1=O. The van der Waals surface area contributed by atoms with E-state index in [2.05, 4.69) is 52.8 Å². The Balaban J connectivity index is 1.78. The molecule has 1 aliphatic heterocycles. The van der Waals surface area contributed by atoms with Crippen LogP contribution in [0.2, 0.25) is 5.02 Å². The van der Waals surface area contributed by atoms with E-state index in [9.17, 15) is 63.0 Å². The number of nitrogens with zero attached hydrogens (tertiary/aromatic N) is 3. The number of hydrogen-bond acceptors (Lipinski definition) is 15. The van der Waals surface area contributed by atoms with E-state index >= 15 is 0 Å². The van der Waals surface area contributed by atoms with E-state index in [0.717, 1.165) is 4.68 Å². The van der Waals surface area contributed by atoms with Gasteiger partial charge in [0.1, 0.15) is 54.9 Å². The zero-order valence-corrected chi connectivity index (χ0v) is 44.1. The summed E-state index contributed by atoms with van der Waals surface area (Å²) in [5.74, 6) is -12.8. The van der Waals surface area contributed by atoms with Crippen LogP contribution in [-0.2, 0) is 78.5 Å². The lowest BCUT2D eigenvalue weighted by Crippen LogP contribution is -2.61. The van der Waals surface area contributed by atoms with Crippen LogP contribution in [0.15, 0.2) is 47.3 Å². The van der Waals surface area contributed by atoms with E-state index in [4.69, 9.17) is 17.3 Å². The highest BCUT2D eigenvalue weighted by Gasteiger charge is 2.37. The number of fused-ring (bicyclic) bond motifs is 2. The summed E-state index contributed by atoms with van der Waals surface area (Å²) in [5, 5.41) is 51.7. The third-order valence-electron chi connectivity index (χ3n) is 11.9. The number of amides is 9. The molecule has 9 atom stereocenters. The first-order chi connectivity index (χ1) is 35.5. The summed E-state index contributed by atoms with van der Waals surface area (Å²) in [6.07, 6.45) is 0.533. The van der Waals surface area contributed by atoms with Gasteiger partial charge in [0.05, 0.1) is 18.5 Å². The van der Waals surface area contributed by atoms with Gasteiger partial charge in [-0.15, -0.1) is 5.10 Å². The Kier molecular flexibility index (Phi) is 23.4. The maximum atomic E-state index is 14.3. The largest absolute Gasteiger partial charge is 0.481 e. The van der Waals surface area contributed by atoms with Gasteiger partial charge in [-0.05, 0) is 70.4 Å². The van der Waals surface area contributed by atoms with Crippen molar-refractivity contribution in [3.63, 3.8) is 0 Å². The first-order valence-corrected chi connectivity index (χ1v) is 26.5. The third-order valence-corrected chi connectivity index (χ3v) is 13.6. The monoisotopic (exact) mass is 1100 g/mol. The number of nitrogens with one attached hydrogen (secondary N) is 8. The fourth-order valence-electron chi connectivity index (χ4n) is 7.58. The Morgan fingerprint density at radius 2 is 1.32 bits per heavy atom. The van der Waals surface area contributed by atoms with Crippen molar-refractivity contribution < 1.29 is 63.0 Å². The lowest BCUT2D eigenvalue weighted by atomic mass is 9.96. The number of carboxylic acid groups (broad SMARTS) is 2. The summed E-state index contributed by atoms with van der Waals surface area (Å²) in [6, 6.07) is -4.45. The molecule has 25 nitrogen and oxygen atoms in total. The second-order valence-electron chi connectivity index (χ2n) is 18.2. The minimum absolute atomic E-state index is 0.0949. The zero-order chi connectivity index (χ0) is 55.5. The molecule has 9 amide bonds. The Hall–Kier alpha value is -7.13. The van der Waals surface area contributed by atoms with Crippen LogP contribution in [0.25, 0.3) is 0 Å². The number of nitrogens with two attached hydrogens (primary N) is 1. The number of hydrogen-bond donors (Lipinski definition) is 11. The van der Waals surface area contributed by atoms with Crippen molar-refractivity contribution in [2.75, 3.05) is 12.0 Å². The fourth-order valence-corrected chi connectivity index (χ4v) is 8.86. The van der Waals surface area contributed by atoms with E-state index in [0.29, 0.717) is 22.6 Å². The molecule has 0 radical (unpaired) electrons. The summed E-state index contributed by atoms with van der Waals surface area (Å²) in [7, 11) is 0. The van der Waals surface area contributed by atoms with Crippen LogP contribution in [-0.4, -0.2) is 151 Å². The maximum Gasteiger partial charge on any atom is 0.326 e. The number of carbonyl (C=O) groups excluding carboxylic acids is 9. The molecule has 28 heteroatoms. The van der Waals surface area contributed by atoms with Crippen molar-refractivity contribution in [2.24, 2.45) is 17.6 Å². The van der Waals surface area contributed by atoms with Gasteiger partial charge >= 0.3 is 11.9 Å². The van der Waals surface area contributed by atoms with Gasteiger partial charge in [0.25, 0.3) is 0 Å². The smallest absolute Gasteiger partial charge is 0.326 e. The number of aromatic nitrogens is 3. The Morgan fingerprint density at radius 3 is 1.92 bits per heavy atom. The molecule has 3 aromatic rings. The van der Waals surface area contributed by atoms with Crippen molar-refractivity contribution >= 4 is 99.8 Å². The minimum atomic E-state index is -1.97. The van der Waals surface area contributed by atoms with Crippen molar-refractivity contribution in [3.8, 4) is 0 Å². The highest BCUT2D eigenvalue weighted by Crippen LogP contribution is 2.16. The first kappa shape index (κ1) is 60.4. The fraction of sp³-hybridized carbons (Fsp3) is 0.511. The first-order valence-electron chi connectivity index (χ1n) is 23.8. The molecular weight excluding hydrogens is 1040 g/mol. The van der Waals surface area contributed by atoms with E-state index in [1.807, 2.05) is 0 Å². The van der Waals surface area contributed by atoms with Crippen molar-refractivity contribution in [2.45, 2.75) is 128 Å². The van der Waals surface area contributed by atoms with Crippen LogP contribution in [0.1, 0.15) is 70.2 Å². The molecule has 1 unspecified atom stereocenters. The number of thiophene rings is 1. The van der Waals surface area contributed by atoms with Crippen molar-refractivity contribution in [1.82, 2.24) is 57.5 Å². The van der Waals surface area contributed by atoms with Gasteiger partial charge in [-0.2, -0.15) is 23.1 Å². The molecule has 1 aliphatic rings. The Bertz CT molecular complexity index is 2530. The van der Waals surface area contributed by atoms with Gasteiger partial charge in [-0.3, -0.25) is 47.9 Å². The molecule has 2 bridgehead atoms. The number of benzene rings is 1. The van der Waals surface area contributed by atoms with Gasteiger partial charge < -0.3 is 58.5 Å². The quantitative estimate of drug-likeness (QED) is 0.0904. The average molecular weight is 1100 g/mol. The summed E-state index contributed by atoms with van der Waals surface area (Å²) in [4.78, 5) is 149. The van der Waals surface area contributed by atoms with E-state index in [1.54, 1.807) is 62.9 Å². The van der Waals surface area contributed by atoms with E-state index in [-0.39, 0.29) is 37.1 Å². The Labute approximate surface area is 444 Å². The molecule has 75 heavy (non-hydrogen) atoms. The molecule has 2 aromatic heterocycles. The van der Waals surface area contributed by atoms with Crippen LogP contribution in [0, 0.1) is 11.8 Å².